The minimum absolute atomic E-state index is 1.13. The minimum atomic E-state index is -5.90. The van der Waals surface area contributed by atoms with Gasteiger partial charge in [-0.05, 0) is 0 Å². The van der Waals surface area contributed by atoms with Crippen molar-refractivity contribution >= 4 is 57.8 Å². The van der Waals surface area contributed by atoms with E-state index in [4.69, 9.17) is 23.7 Å². The molecular formula is C18H27N2O30S5-5. The molecule has 3 aliphatic heterocycles. The van der Waals surface area contributed by atoms with Crippen LogP contribution in [0.1, 0.15) is 0 Å². The lowest BCUT2D eigenvalue weighted by Crippen LogP contribution is -2.70. The smallest absolute Gasteiger partial charge is 0.397 e. The van der Waals surface area contributed by atoms with Gasteiger partial charge in [-0.2, -0.15) is 8.42 Å². The van der Waals surface area contributed by atoms with Crippen molar-refractivity contribution in [3.63, 3.8) is 0 Å². The van der Waals surface area contributed by atoms with Crippen LogP contribution in [-0.2, 0) is 92.8 Å². The molecule has 15 atom stereocenters. The number of aliphatic carboxylic acids is 1. The molecule has 0 spiro atoms. The Morgan fingerprint density at radius 1 is 0.600 bits per heavy atom. The van der Waals surface area contributed by atoms with E-state index in [9.17, 15) is 100 Å². The first-order chi connectivity index (χ1) is 24.8. The number of aliphatic hydroxyl groups is 5. The second kappa shape index (κ2) is 17.7. The Morgan fingerprint density at radius 3 is 1.56 bits per heavy atom. The Balaban J connectivity index is 2.07. The van der Waals surface area contributed by atoms with E-state index >= 15 is 0 Å². The van der Waals surface area contributed by atoms with E-state index in [1.165, 1.54) is 0 Å². The van der Waals surface area contributed by atoms with Crippen LogP contribution >= 0.6 is 0 Å². The molecule has 0 bridgehead atoms. The quantitative estimate of drug-likeness (QED) is 0.0496. The third-order valence-corrected chi connectivity index (χ3v) is 9.71. The van der Waals surface area contributed by atoms with Crippen molar-refractivity contribution in [2.75, 3.05) is 13.2 Å². The van der Waals surface area contributed by atoms with E-state index in [1.54, 1.807) is 0 Å². The number of ether oxygens (including phenoxy) is 5. The van der Waals surface area contributed by atoms with Gasteiger partial charge < -0.3 is 77.3 Å². The zero-order valence-corrected chi connectivity index (χ0v) is 30.2. The number of carbonyl (C=O) groups excluding carboxylic acids is 1. The van der Waals surface area contributed by atoms with Crippen molar-refractivity contribution in [3.05, 3.63) is 0 Å². The van der Waals surface area contributed by atoms with Crippen LogP contribution in [0.5, 0.6) is 0 Å². The molecule has 3 fully saturated rings. The van der Waals surface area contributed by atoms with Crippen molar-refractivity contribution in [2.24, 2.45) is 0 Å². The molecule has 0 saturated carbocycles. The number of nitrogens with one attached hydrogen (secondary N) is 2. The Bertz CT molecular complexity index is 1910. The highest BCUT2D eigenvalue weighted by Gasteiger charge is 2.56. The lowest BCUT2D eigenvalue weighted by molar-refractivity contribution is -0.378. The van der Waals surface area contributed by atoms with Crippen LogP contribution in [0.15, 0.2) is 0 Å². The fourth-order valence-electron chi connectivity index (χ4n) is 5.14. The topological polar surface area (TPSA) is 522 Å². The van der Waals surface area contributed by atoms with Gasteiger partial charge in [-0.15, -0.1) is 0 Å². The molecule has 324 valence electrons. The largest absolute Gasteiger partial charge is 0.735 e. The number of carbonyl (C=O) groups is 1. The van der Waals surface area contributed by atoms with Gasteiger partial charge in [0.1, 0.15) is 67.0 Å². The maximum absolute atomic E-state index is 12.2. The fourth-order valence-corrected chi connectivity index (χ4v) is 7.40. The summed E-state index contributed by atoms with van der Waals surface area (Å²) in [6, 6.07) is -5.06. The van der Waals surface area contributed by atoms with Crippen molar-refractivity contribution < 1.29 is 137 Å². The highest BCUT2D eigenvalue weighted by atomic mass is 32.3. The average molecular weight is 912 g/mol. The molecule has 0 unspecified atom stereocenters. The normalized spacial score (nSPS) is 38.4. The van der Waals surface area contributed by atoms with E-state index in [2.05, 4.69) is 12.5 Å². The van der Waals surface area contributed by atoms with Crippen LogP contribution < -0.4 is 14.6 Å². The van der Waals surface area contributed by atoms with Crippen molar-refractivity contribution in [1.82, 2.24) is 9.44 Å². The number of hydrogen-bond acceptors (Lipinski definition) is 29. The molecule has 32 nitrogen and oxygen atoms in total. The molecule has 0 aliphatic carbocycles. The zero-order chi connectivity index (χ0) is 42.2. The predicted molar refractivity (Wildman–Crippen MR) is 148 cm³/mol. The first-order valence-corrected chi connectivity index (χ1v) is 20.8. The van der Waals surface area contributed by atoms with Gasteiger partial charge in [0.05, 0.1) is 19.2 Å². The third-order valence-electron chi connectivity index (χ3n) is 7.28. The summed E-state index contributed by atoms with van der Waals surface area (Å²) in [5.74, 6) is -2.53. The van der Waals surface area contributed by atoms with E-state index in [1.807, 2.05) is 0 Å². The number of carboxylic acids is 1. The summed E-state index contributed by atoms with van der Waals surface area (Å²) in [7, 11) is -28.5. The fraction of sp³-hybridized carbons (Fsp3) is 0.944. The summed E-state index contributed by atoms with van der Waals surface area (Å²) in [5, 5.41) is 65.1. The van der Waals surface area contributed by atoms with Gasteiger partial charge in [0.25, 0.3) is 0 Å². The standard InChI is InChI=1S/C18H32N2O30S5/c21-7-3(1-43-53(34,35)36)46-17(6(8(7)22)20-52(31,32)33)48-12-10(24)13(50-55(40,41)42)18(49-14(12)15(25)26)47-11-4(2-44-54(37,38)39)45-16(27)5(9(11)23)19-51(28,29)30/h3-14,16-24,27H,1-2H2,(H,25,26)(H,28,29,30)(H,31,32,33)(H,34,35,36)(H,37,38,39)(H,40,41,42)/p-5/t3-,4-,5-,6-,7-,8-,9-,10+,11-,12+,13-,14-,16+,17-,18-/m1/s1. The predicted octanol–water partition coefficient (Wildman–Crippen LogP) is -11.9. The molecule has 37 heteroatoms. The Labute approximate surface area is 308 Å². The van der Waals surface area contributed by atoms with Crippen LogP contribution in [-0.4, -0.2) is 202 Å². The van der Waals surface area contributed by atoms with Gasteiger partial charge >= 0.3 is 10.4 Å². The first kappa shape index (κ1) is 47.8. The monoisotopic (exact) mass is 911 g/mol. The SMILES string of the molecule is O=C([O-])[C@@H]1O[C@@H](O[C@H]2[C@H](O)[C@@H](NS(=O)(=O)[O-])[C@@H](O)O[C@@H]2COS(=O)(=O)[O-])[C@H](OS(=O)(=O)O)[C@@H](O)[C@@H]1O[C@H]1O[C@H](COS(=O)(=O)[O-])[C@@H](O)[C@H](O)[C@H]1NS(=O)(=O)[O-]. The molecule has 0 amide bonds. The first-order valence-electron chi connectivity index (χ1n) is 14.0. The van der Waals surface area contributed by atoms with Crippen LogP contribution in [0.2, 0.25) is 0 Å². The molecule has 0 radical (unpaired) electrons. The van der Waals surface area contributed by atoms with Crippen LogP contribution in [0, 0.1) is 0 Å². The number of carboxylic acid groups (broad SMARTS) is 1. The molecule has 3 heterocycles. The number of hydrogen-bond donors (Lipinski definition) is 8. The lowest BCUT2D eigenvalue weighted by atomic mass is 9.95. The maximum atomic E-state index is 12.2. The molecular weight excluding hydrogens is 885 g/mol. The van der Waals surface area contributed by atoms with Crippen molar-refractivity contribution in [2.45, 2.75) is 92.0 Å². The molecule has 3 aliphatic rings. The molecule has 0 aromatic heterocycles. The minimum Gasteiger partial charge on any atom is -0.735 e. The summed E-state index contributed by atoms with van der Waals surface area (Å²) in [5.41, 5.74) is 0. The molecule has 8 N–H and O–H groups in total. The summed E-state index contributed by atoms with van der Waals surface area (Å²) in [6.07, 6.45) is -34.9. The number of rotatable bonds is 17. The average Bonchev–Trinajstić information content (AvgIpc) is 2.98. The number of aliphatic hydroxyl groups excluding tert-OH is 5. The molecule has 0 aromatic rings. The zero-order valence-electron chi connectivity index (χ0n) is 26.1. The van der Waals surface area contributed by atoms with E-state index in [-0.39, 0.29) is 0 Å². The highest BCUT2D eigenvalue weighted by Crippen LogP contribution is 2.34. The second-order valence-corrected chi connectivity index (χ2v) is 16.5. The van der Waals surface area contributed by atoms with Crippen LogP contribution in [0.25, 0.3) is 0 Å². The van der Waals surface area contributed by atoms with Crippen molar-refractivity contribution in [3.8, 4) is 0 Å². The summed E-state index contributed by atoms with van der Waals surface area (Å²) in [4.78, 5) is 12.2. The van der Waals surface area contributed by atoms with Gasteiger partial charge in [-0.25, -0.2) is 47.3 Å². The van der Waals surface area contributed by atoms with Gasteiger partial charge in [0.2, 0.25) is 20.8 Å². The molecule has 55 heavy (non-hydrogen) atoms. The van der Waals surface area contributed by atoms with Crippen LogP contribution in [0.4, 0.5) is 0 Å². The van der Waals surface area contributed by atoms with E-state index < -0.39 is 163 Å². The van der Waals surface area contributed by atoms with Gasteiger partial charge in [-0.1, -0.05) is 0 Å². The van der Waals surface area contributed by atoms with E-state index in [0.29, 0.717) is 0 Å². The highest BCUT2D eigenvalue weighted by molar-refractivity contribution is 7.84. The lowest BCUT2D eigenvalue weighted by Gasteiger charge is -2.49. The van der Waals surface area contributed by atoms with Crippen molar-refractivity contribution in [1.29, 1.82) is 0 Å². The summed E-state index contributed by atoms with van der Waals surface area (Å²) < 4.78 is 207. The second-order valence-electron chi connectivity index (χ2n) is 11.1. The molecule has 3 saturated heterocycles. The summed E-state index contributed by atoms with van der Waals surface area (Å²) >= 11 is 0. The Kier molecular flexibility index (Phi) is 15.4. The van der Waals surface area contributed by atoms with Gasteiger partial charge in [0, 0.05) is 0 Å². The molecule has 0 aromatic carbocycles. The maximum Gasteiger partial charge on any atom is 0.397 e. The summed E-state index contributed by atoms with van der Waals surface area (Å²) in [6.45, 7) is -3.07. The molecule has 3 rings (SSSR count). The van der Waals surface area contributed by atoms with E-state index in [0.717, 1.165) is 9.44 Å². The Morgan fingerprint density at radius 2 is 1.09 bits per heavy atom. The third kappa shape index (κ3) is 14.0. The van der Waals surface area contributed by atoms with Crippen LogP contribution in [0.3, 0.4) is 0 Å². The van der Waals surface area contributed by atoms with Gasteiger partial charge in [-0.3, -0.25) is 12.9 Å². The van der Waals surface area contributed by atoms with Gasteiger partial charge in [0.15, 0.2) is 45.6 Å². The Hall–Kier alpha value is -1.58.